The minimum Gasteiger partial charge on any atom is -0.478 e. The van der Waals surface area contributed by atoms with Crippen LogP contribution >= 0.6 is 11.3 Å². The molecule has 1 aromatic carbocycles. The molecule has 0 aliphatic carbocycles. The first-order valence-corrected chi connectivity index (χ1v) is 5.32. The normalized spacial score (nSPS) is 12.0. The number of nitrogens with zero attached hydrogens (tertiary/aromatic N) is 1. The maximum atomic E-state index is 12.7. The first-order chi connectivity index (χ1) is 7.79. The van der Waals surface area contributed by atoms with Gasteiger partial charge in [-0.3, -0.25) is 0 Å². The van der Waals surface area contributed by atoms with Gasteiger partial charge >= 0.3 is 12.1 Å². The number of carboxylic acid groups (broad SMARTS) is 1. The predicted molar refractivity (Wildman–Crippen MR) is 56.3 cm³/mol. The highest BCUT2D eigenvalue weighted by molar-refractivity contribution is 7.18. The number of aryl methyl sites for hydroxylation is 1. The summed E-state index contributed by atoms with van der Waals surface area (Å²) in [6, 6.07) is 1.82. The summed E-state index contributed by atoms with van der Waals surface area (Å²) in [6.07, 6.45) is -4.61. The third-order valence-corrected chi connectivity index (χ3v) is 3.07. The Kier molecular flexibility index (Phi) is 2.57. The summed E-state index contributed by atoms with van der Waals surface area (Å²) in [6.45, 7) is 1.57. The maximum Gasteiger partial charge on any atom is 0.418 e. The second kappa shape index (κ2) is 3.69. The Labute approximate surface area is 97.5 Å². The van der Waals surface area contributed by atoms with E-state index in [9.17, 15) is 18.0 Å². The molecule has 7 heteroatoms. The molecule has 0 radical (unpaired) electrons. The van der Waals surface area contributed by atoms with E-state index in [1.54, 1.807) is 6.92 Å². The molecule has 0 aliphatic rings. The van der Waals surface area contributed by atoms with Crippen molar-refractivity contribution in [2.45, 2.75) is 13.1 Å². The molecule has 90 valence electrons. The Morgan fingerprint density at radius 3 is 2.59 bits per heavy atom. The molecule has 0 bridgehead atoms. The van der Waals surface area contributed by atoms with Gasteiger partial charge in [-0.15, -0.1) is 11.3 Å². The number of carboxylic acids is 1. The molecule has 0 saturated carbocycles. The van der Waals surface area contributed by atoms with E-state index in [1.165, 1.54) is 6.07 Å². The predicted octanol–water partition coefficient (Wildman–Crippen LogP) is 3.32. The highest BCUT2D eigenvalue weighted by atomic mass is 32.1. The number of aromatic carboxylic acids is 1. The number of hydrogen-bond acceptors (Lipinski definition) is 3. The fourth-order valence-electron chi connectivity index (χ4n) is 1.48. The molecule has 1 N–H and O–H groups in total. The van der Waals surface area contributed by atoms with E-state index in [0.717, 1.165) is 11.3 Å². The van der Waals surface area contributed by atoms with Crippen LogP contribution in [-0.2, 0) is 6.18 Å². The van der Waals surface area contributed by atoms with Crippen LogP contribution < -0.4 is 0 Å². The van der Waals surface area contributed by atoms with E-state index in [2.05, 4.69) is 4.98 Å². The minimum atomic E-state index is -4.61. The number of halogens is 3. The standard InChI is InChI=1S/C10H6F3NO2S/c1-4-14-8-6(10(11,12)13)2-5(9(15)16)3-7(8)17-4/h2-3H,1H3,(H,15,16). The summed E-state index contributed by atoms with van der Waals surface area (Å²) in [5.74, 6) is -1.39. The number of benzene rings is 1. The van der Waals surface area contributed by atoms with E-state index in [4.69, 9.17) is 5.11 Å². The second-order valence-electron chi connectivity index (χ2n) is 3.41. The summed E-state index contributed by atoms with van der Waals surface area (Å²) in [5, 5.41) is 9.22. The quantitative estimate of drug-likeness (QED) is 0.856. The Balaban J connectivity index is 2.82. The number of aromatic nitrogens is 1. The lowest BCUT2D eigenvalue weighted by Gasteiger charge is -2.08. The third kappa shape index (κ3) is 2.10. The lowest BCUT2D eigenvalue weighted by Crippen LogP contribution is -2.08. The van der Waals surface area contributed by atoms with Crippen molar-refractivity contribution in [1.29, 1.82) is 0 Å². The lowest BCUT2D eigenvalue weighted by molar-refractivity contribution is -0.136. The number of alkyl halides is 3. The van der Waals surface area contributed by atoms with Crippen LogP contribution in [0.5, 0.6) is 0 Å². The Morgan fingerprint density at radius 1 is 1.41 bits per heavy atom. The lowest BCUT2D eigenvalue weighted by atomic mass is 10.1. The molecule has 2 aromatic rings. The molecule has 0 atom stereocenters. The SMILES string of the molecule is Cc1nc2c(C(F)(F)F)cc(C(=O)O)cc2s1. The Bertz CT molecular complexity index is 603. The van der Waals surface area contributed by atoms with Gasteiger partial charge in [0.2, 0.25) is 0 Å². The summed E-state index contributed by atoms with van der Waals surface area (Å²) in [7, 11) is 0. The van der Waals surface area contributed by atoms with E-state index < -0.39 is 17.7 Å². The van der Waals surface area contributed by atoms with Crippen LogP contribution in [0.2, 0.25) is 0 Å². The monoisotopic (exact) mass is 261 g/mol. The molecule has 0 spiro atoms. The highest BCUT2D eigenvalue weighted by Crippen LogP contribution is 2.37. The third-order valence-electron chi connectivity index (χ3n) is 2.15. The molecule has 3 nitrogen and oxygen atoms in total. The fraction of sp³-hybridized carbons (Fsp3) is 0.200. The first kappa shape index (κ1) is 11.8. The Morgan fingerprint density at radius 2 is 2.06 bits per heavy atom. The molecule has 0 aliphatic heterocycles. The molecule has 2 rings (SSSR count). The number of thiazole rings is 1. The van der Waals surface area contributed by atoms with Gasteiger partial charge in [0.15, 0.2) is 0 Å². The molecule has 17 heavy (non-hydrogen) atoms. The average Bonchev–Trinajstić information content (AvgIpc) is 2.54. The van der Waals surface area contributed by atoms with Crippen molar-refractivity contribution in [1.82, 2.24) is 4.98 Å². The van der Waals surface area contributed by atoms with Gasteiger partial charge in [-0.2, -0.15) is 13.2 Å². The fourth-order valence-corrected chi connectivity index (χ4v) is 2.37. The summed E-state index contributed by atoms with van der Waals surface area (Å²) in [5.41, 5.74) is -1.57. The Hall–Kier alpha value is -1.63. The zero-order valence-corrected chi connectivity index (χ0v) is 9.32. The molecule has 0 saturated heterocycles. The summed E-state index contributed by atoms with van der Waals surface area (Å²) in [4.78, 5) is 14.5. The van der Waals surface area contributed by atoms with Crippen molar-refractivity contribution >= 4 is 27.5 Å². The second-order valence-corrected chi connectivity index (χ2v) is 4.64. The van der Waals surface area contributed by atoms with Crippen LogP contribution in [0.4, 0.5) is 13.2 Å². The van der Waals surface area contributed by atoms with E-state index in [0.29, 0.717) is 11.1 Å². The molecule has 1 aromatic heterocycles. The number of carbonyl (C=O) groups is 1. The van der Waals surface area contributed by atoms with Crippen molar-refractivity contribution in [3.05, 3.63) is 28.3 Å². The zero-order valence-electron chi connectivity index (χ0n) is 8.50. The molecular formula is C10H6F3NO2S. The first-order valence-electron chi connectivity index (χ1n) is 4.50. The van der Waals surface area contributed by atoms with Crippen molar-refractivity contribution in [2.24, 2.45) is 0 Å². The van der Waals surface area contributed by atoms with Crippen LogP contribution in [-0.4, -0.2) is 16.1 Å². The summed E-state index contributed by atoms with van der Waals surface area (Å²) < 4.78 is 38.5. The zero-order chi connectivity index (χ0) is 12.8. The number of fused-ring (bicyclic) bond motifs is 1. The summed E-state index contributed by atoms with van der Waals surface area (Å²) >= 11 is 1.04. The molecule has 0 fully saturated rings. The molecule has 0 amide bonds. The smallest absolute Gasteiger partial charge is 0.418 e. The number of rotatable bonds is 1. The van der Waals surface area contributed by atoms with Crippen molar-refractivity contribution < 1.29 is 23.1 Å². The van der Waals surface area contributed by atoms with E-state index in [-0.39, 0.29) is 15.8 Å². The van der Waals surface area contributed by atoms with Crippen molar-refractivity contribution in [2.75, 3.05) is 0 Å². The van der Waals surface area contributed by atoms with Gasteiger partial charge in [0.25, 0.3) is 0 Å². The number of hydrogen-bond donors (Lipinski definition) is 1. The van der Waals surface area contributed by atoms with Crippen LogP contribution in [0.3, 0.4) is 0 Å². The van der Waals surface area contributed by atoms with Gasteiger partial charge in [0.1, 0.15) is 0 Å². The van der Waals surface area contributed by atoms with Gasteiger partial charge in [-0.25, -0.2) is 9.78 Å². The molecule has 1 heterocycles. The molecule has 0 unspecified atom stereocenters. The average molecular weight is 261 g/mol. The van der Waals surface area contributed by atoms with E-state index >= 15 is 0 Å². The van der Waals surface area contributed by atoms with Crippen LogP contribution in [0.15, 0.2) is 12.1 Å². The van der Waals surface area contributed by atoms with Gasteiger partial charge in [0.05, 0.1) is 26.4 Å². The minimum absolute atomic E-state index is 0.190. The van der Waals surface area contributed by atoms with Crippen LogP contribution in [0.25, 0.3) is 10.2 Å². The van der Waals surface area contributed by atoms with Gasteiger partial charge < -0.3 is 5.11 Å². The van der Waals surface area contributed by atoms with Gasteiger partial charge in [-0.05, 0) is 19.1 Å². The van der Waals surface area contributed by atoms with Crippen molar-refractivity contribution in [3.8, 4) is 0 Å². The maximum absolute atomic E-state index is 12.7. The largest absolute Gasteiger partial charge is 0.478 e. The highest BCUT2D eigenvalue weighted by Gasteiger charge is 2.34. The van der Waals surface area contributed by atoms with Gasteiger partial charge in [-0.1, -0.05) is 0 Å². The van der Waals surface area contributed by atoms with Crippen LogP contribution in [0, 0.1) is 6.92 Å². The molecular weight excluding hydrogens is 255 g/mol. The van der Waals surface area contributed by atoms with E-state index in [1.807, 2.05) is 0 Å². The van der Waals surface area contributed by atoms with Gasteiger partial charge in [0, 0.05) is 0 Å². The van der Waals surface area contributed by atoms with Crippen molar-refractivity contribution in [3.63, 3.8) is 0 Å². The van der Waals surface area contributed by atoms with Crippen LogP contribution in [0.1, 0.15) is 20.9 Å². The topological polar surface area (TPSA) is 50.2 Å².